The minimum absolute atomic E-state index is 0.0265. The molecule has 0 aliphatic rings. The van der Waals surface area contributed by atoms with E-state index < -0.39 is 0 Å². The first-order valence-corrected chi connectivity index (χ1v) is 6.47. The van der Waals surface area contributed by atoms with E-state index in [0.717, 1.165) is 24.2 Å². The summed E-state index contributed by atoms with van der Waals surface area (Å²) in [6.07, 6.45) is 2.20. The molecular formula is C15H22O3. The second-order valence-corrected chi connectivity index (χ2v) is 4.39. The number of hydrogen-bond acceptors (Lipinski definition) is 3. The highest BCUT2D eigenvalue weighted by molar-refractivity contribution is 5.71. The molecule has 1 rings (SSSR count). The summed E-state index contributed by atoms with van der Waals surface area (Å²) in [5.41, 5.74) is 3.62. The lowest BCUT2D eigenvalue weighted by molar-refractivity contribution is -0.145. The van der Waals surface area contributed by atoms with Gasteiger partial charge >= 0.3 is 5.97 Å². The van der Waals surface area contributed by atoms with Crippen molar-refractivity contribution in [1.29, 1.82) is 0 Å². The Hall–Kier alpha value is -1.51. The lowest BCUT2D eigenvalue weighted by Crippen LogP contribution is -2.15. The molecule has 0 bridgehead atoms. The Labute approximate surface area is 109 Å². The van der Waals surface area contributed by atoms with Gasteiger partial charge in [0.05, 0.1) is 6.61 Å². The summed E-state index contributed by atoms with van der Waals surface area (Å²) in [5.74, 6) is 0.438. The predicted octanol–water partition coefficient (Wildman–Crippen LogP) is 3.20. The van der Waals surface area contributed by atoms with Crippen LogP contribution in [0.4, 0.5) is 0 Å². The van der Waals surface area contributed by atoms with Crippen LogP contribution in [0.25, 0.3) is 0 Å². The van der Waals surface area contributed by atoms with Crippen molar-refractivity contribution >= 4 is 5.97 Å². The van der Waals surface area contributed by atoms with Gasteiger partial charge in [-0.05, 0) is 49.9 Å². The quantitative estimate of drug-likeness (QED) is 0.727. The molecule has 1 aromatic carbocycles. The maximum Gasteiger partial charge on any atom is 0.344 e. The monoisotopic (exact) mass is 250 g/mol. The van der Waals surface area contributed by atoms with Crippen molar-refractivity contribution in [2.45, 2.75) is 40.5 Å². The summed E-state index contributed by atoms with van der Waals surface area (Å²) in [5, 5.41) is 0. The van der Waals surface area contributed by atoms with Gasteiger partial charge in [-0.1, -0.05) is 19.4 Å². The van der Waals surface area contributed by atoms with Gasteiger partial charge in [-0.2, -0.15) is 0 Å². The second kappa shape index (κ2) is 7.04. The zero-order valence-corrected chi connectivity index (χ0v) is 11.7. The Kier molecular flexibility index (Phi) is 5.69. The molecule has 1 aromatic rings. The van der Waals surface area contributed by atoms with Gasteiger partial charge in [0.25, 0.3) is 0 Å². The molecule has 0 heterocycles. The van der Waals surface area contributed by atoms with E-state index in [4.69, 9.17) is 9.47 Å². The number of benzene rings is 1. The van der Waals surface area contributed by atoms with Crippen LogP contribution in [0, 0.1) is 13.8 Å². The molecule has 0 aliphatic heterocycles. The lowest BCUT2D eigenvalue weighted by Gasteiger charge is -2.12. The maximum atomic E-state index is 11.2. The molecule has 0 atom stereocenters. The van der Waals surface area contributed by atoms with Crippen molar-refractivity contribution in [1.82, 2.24) is 0 Å². The van der Waals surface area contributed by atoms with Crippen LogP contribution in [0.1, 0.15) is 37.0 Å². The molecule has 3 nitrogen and oxygen atoms in total. The Bertz CT molecular complexity index is 410. The van der Waals surface area contributed by atoms with E-state index in [1.165, 1.54) is 11.1 Å². The van der Waals surface area contributed by atoms with E-state index in [-0.39, 0.29) is 12.6 Å². The van der Waals surface area contributed by atoms with Crippen LogP contribution >= 0.6 is 0 Å². The molecule has 18 heavy (non-hydrogen) atoms. The number of carbonyl (C=O) groups is 1. The molecule has 0 radical (unpaired) electrons. The minimum Gasteiger partial charge on any atom is -0.482 e. The second-order valence-electron chi connectivity index (χ2n) is 4.39. The third-order valence-electron chi connectivity index (χ3n) is 2.80. The average molecular weight is 250 g/mol. The molecule has 0 aromatic heterocycles. The molecule has 0 unspecified atom stereocenters. The van der Waals surface area contributed by atoms with Gasteiger partial charge in [0, 0.05) is 0 Å². The van der Waals surface area contributed by atoms with E-state index >= 15 is 0 Å². The summed E-state index contributed by atoms with van der Waals surface area (Å²) in [6.45, 7) is 8.38. The van der Waals surface area contributed by atoms with Crippen LogP contribution in [0.3, 0.4) is 0 Å². The Morgan fingerprint density at radius 3 is 2.50 bits per heavy atom. The Morgan fingerprint density at radius 1 is 1.17 bits per heavy atom. The van der Waals surface area contributed by atoms with Crippen LogP contribution in [-0.2, 0) is 16.0 Å². The van der Waals surface area contributed by atoms with E-state index in [2.05, 4.69) is 19.9 Å². The fourth-order valence-electron chi connectivity index (χ4n) is 1.88. The van der Waals surface area contributed by atoms with E-state index in [1.54, 1.807) is 6.92 Å². The van der Waals surface area contributed by atoms with Crippen molar-refractivity contribution < 1.29 is 14.3 Å². The highest BCUT2D eigenvalue weighted by Gasteiger charge is 2.08. The maximum absolute atomic E-state index is 11.2. The first kappa shape index (κ1) is 14.6. The van der Waals surface area contributed by atoms with Gasteiger partial charge in [0.2, 0.25) is 0 Å². The average Bonchev–Trinajstić information content (AvgIpc) is 2.32. The molecule has 100 valence electrons. The molecule has 0 N–H and O–H groups in total. The van der Waals surface area contributed by atoms with Crippen LogP contribution in [-0.4, -0.2) is 19.2 Å². The molecular weight excluding hydrogens is 228 g/mol. The molecule has 0 amide bonds. The zero-order chi connectivity index (χ0) is 13.5. The third-order valence-corrected chi connectivity index (χ3v) is 2.80. The van der Waals surface area contributed by atoms with E-state index in [9.17, 15) is 4.79 Å². The molecule has 3 heteroatoms. The molecule has 0 saturated heterocycles. The molecule has 0 fully saturated rings. The van der Waals surface area contributed by atoms with Crippen molar-refractivity contribution in [2.75, 3.05) is 13.2 Å². The van der Waals surface area contributed by atoms with Gasteiger partial charge in [-0.3, -0.25) is 0 Å². The molecule has 0 aliphatic carbocycles. The van der Waals surface area contributed by atoms with Gasteiger partial charge < -0.3 is 9.47 Å². The minimum atomic E-state index is -0.327. The smallest absolute Gasteiger partial charge is 0.344 e. The first-order chi connectivity index (χ1) is 8.58. The number of esters is 1. The molecule has 0 spiro atoms. The number of hydrogen-bond donors (Lipinski definition) is 0. The fourth-order valence-corrected chi connectivity index (χ4v) is 1.88. The normalized spacial score (nSPS) is 10.2. The van der Waals surface area contributed by atoms with Gasteiger partial charge in [-0.25, -0.2) is 4.79 Å². The molecule has 0 saturated carbocycles. The van der Waals surface area contributed by atoms with E-state index in [0.29, 0.717) is 6.61 Å². The van der Waals surface area contributed by atoms with Crippen molar-refractivity contribution in [3.63, 3.8) is 0 Å². The Balaban J connectivity index is 2.72. The van der Waals surface area contributed by atoms with Crippen molar-refractivity contribution in [3.05, 3.63) is 28.8 Å². The largest absolute Gasteiger partial charge is 0.482 e. The topological polar surface area (TPSA) is 35.5 Å². The van der Waals surface area contributed by atoms with E-state index in [1.807, 2.05) is 13.0 Å². The van der Waals surface area contributed by atoms with Gasteiger partial charge in [0.15, 0.2) is 6.61 Å². The van der Waals surface area contributed by atoms with Crippen molar-refractivity contribution in [2.24, 2.45) is 0 Å². The van der Waals surface area contributed by atoms with Crippen LogP contribution in [0.5, 0.6) is 5.75 Å². The zero-order valence-electron chi connectivity index (χ0n) is 11.7. The number of aryl methyl sites for hydroxylation is 3. The summed E-state index contributed by atoms with van der Waals surface area (Å²) < 4.78 is 10.3. The van der Waals surface area contributed by atoms with Crippen LogP contribution in [0.15, 0.2) is 12.1 Å². The predicted molar refractivity (Wildman–Crippen MR) is 72.0 cm³/mol. The standard InChI is InChI=1S/C15H22O3/c1-5-7-13-8-12(4)14(9-11(13)3)18-10-15(16)17-6-2/h8-9H,5-7,10H2,1-4H3. The lowest BCUT2D eigenvalue weighted by atomic mass is 10.0. The van der Waals surface area contributed by atoms with Gasteiger partial charge in [0.1, 0.15) is 5.75 Å². The van der Waals surface area contributed by atoms with Crippen LogP contribution < -0.4 is 4.74 Å². The summed E-state index contributed by atoms with van der Waals surface area (Å²) >= 11 is 0. The summed E-state index contributed by atoms with van der Waals surface area (Å²) in [7, 11) is 0. The highest BCUT2D eigenvalue weighted by Crippen LogP contribution is 2.23. The number of ether oxygens (including phenoxy) is 2. The SMILES string of the molecule is CCCc1cc(C)c(OCC(=O)OCC)cc1C. The number of rotatable bonds is 6. The highest BCUT2D eigenvalue weighted by atomic mass is 16.6. The number of carbonyl (C=O) groups excluding carboxylic acids is 1. The summed E-state index contributed by atoms with van der Waals surface area (Å²) in [4.78, 5) is 11.2. The van der Waals surface area contributed by atoms with Gasteiger partial charge in [-0.15, -0.1) is 0 Å². The summed E-state index contributed by atoms with van der Waals surface area (Å²) in [6, 6.07) is 4.14. The first-order valence-electron chi connectivity index (χ1n) is 6.47. The van der Waals surface area contributed by atoms with Crippen LogP contribution in [0.2, 0.25) is 0 Å². The fraction of sp³-hybridized carbons (Fsp3) is 0.533. The van der Waals surface area contributed by atoms with Crippen molar-refractivity contribution in [3.8, 4) is 5.75 Å². The Morgan fingerprint density at radius 2 is 1.89 bits per heavy atom. The third kappa shape index (κ3) is 4.06.